The third-order valence-electron chi connectivity index (χ3n) is 4.97. The largest absolute Gasteiger partial charge is 0.485 e. The Morgan fingerprint density at radius 1 is 1.04 bits per heavy atom. The Kier molecular flexibility index (Phi) is 4.60. The van der Waals surface area contributed by atoms with Gasteiger partial charge in [-0.2, -0.15) is 0 Å². The van der Waals surface area contributed by atoms with Gasteiger partial charge in [-0.1, -0.05) is 73.2 Å². The summed E-state index contributed by atoms with van der Waals surface area (Å²) in [6.07, 6.45) is 12.2. The number of aryl methyl sites for hydroxylation is 1. The minimum atomic E-state index is -0.663. The highest BCUT2D eigenvalue weighted by atomic mass is 35.5. The number of allylic oxidation sites excluding steroid dienone is 5. The molecule has 0 radical (unpaired) electrons. The normalized spacial score (nSPS) is 21.2. The van der Waals surface area contributed by atoms with E-state index in [1.54, 1.807) is 0 Å². The van der Waals surface area contributed by atoms with Crippen molar-refractivity contribution in [3.8, 4) is 11.5 Å². The molecule has 2 aliphatic rings. The number of fused-ring (bicyclic) bond motifs is 1. The molecule has 1 aliphatic heterocycles. The van der Waals surface area contributed by atoms with Crippen LogP contribution < -0.4 is 9.47 Å². The first kappa shape index (κ1) is 17.0. The van der Waals surface area contributed by atoms with Gasteiger partial charge in [0, 0.05) is 16.7 Å². The molecule has 0 N–H and O–H groups in total. The van der Waals surface area contributed by atoms with Crippen molar-refractivity contribution in [2.75, 3.05) is 6.61 Å². The molecular formula is C23H21ClO2. The second-order valence-corrected chi connectivity index (χ2v) is 6.97. The maximum atomic E-state index is 6.68. The molecule has 0 saturated carbocycles. The van der Waals surface area contributed by atoms with Gasteiger partial charge in [-0.3, -0.25) is 0 Å². The minimum Gasteiger partial charge on any atom is -0.485 e. The summed E-state index contributed by atoms with van der Waals surface area (Å²) < 4.78 is 12.8. The van der Waals surface area contributed by atoms with Crippen LogP contribution >= 0.6 is 11.6 Å². The van der Waals surface area contributed by atoms with Crippen molar-refractivity contribution in [1.29, 1.82) is 0 Å². The van der Waals surface area contributed by atoms with Crippen LogP contribution in [-0.4, -0.2) is 6.61 Å². The first-order valence-corrected chi connectivity index (χ1v) is 9.33. The monoisotopic (exact) mass is 364 g/mol. The Morgan fingerprint density at radius 2 is 1.92 bits per heavy atom. The Morgan fingerprint density at radius 3 is 2.81 bits per heavy atom. The zero-order valence-electron chi connectivity index (χ0n) is 14.7. The van der Waals surface area contributed by atoms with Gasteiger partial charge in [-0.15, -0.1) is 0 Å². The van der Waals surface area contributed by atoms with Crippen molar-refractivity contribution in [3.05, 3.63) is 94.6 Å². The highest BCUT2D eigenvalue weighted by Crippen LogP contribution is 2.46. The number of benzene rings is 2. The van der Waals surface area contributed by atoms with Crippen LogP contribution in [0.1, 0.15) is 24.5 Å². The van der Waals surface area contributed by atoms with Gasteiger partial charge in [-0.25, -0.2) is 0 Å². The highest BCUT2D eigenvalue weighted by Gasteiger charge is 2.44. The van der Waals surface area contributed by atoms with Gasteiger partial charge in [0.2, 0.25) is 0 Å². The summed E-state index contributed by atoms with van der Waals surface area (Å²) in [6, 6.07) is 14.0. The summed E-state index contributed by atoms with van der Waals surface area (Å²) in [4.78, 5) is 0. The van der Waals surface area contributed by atoms with Crippen molar-refractivity contribution in [3.63, 3.8) is 0 Å². The van der Waals surface area contributed by atoms with Gasteiger partial charge in [0.05, 0.1) is 0 Å². The highest BCUT2D eigenvalue weighted by molar-refractivity contribution is 6.30. The fraction of sp³-hybridized carbons (Fsp3) is 0.217. The quantitative estimate of drug-likeness (QED) is 0.663. The van der Waals surface area contributed by atoms with E-state index in [9.17, 15) is 0 Å². The van der Waals surface area contributed by atoms with E-state index in [1.807, 2.05) is 24.3 Å². The second kappa shape index (κ2) is 7.05. The van der Waals surface area contributed by atoms with Gasteiger partial charge in [-0.05, 0) is 36.1 Å². The molecule has 1 unspecified atom stereocenters. The molecule has 3 heteroatoms. The number of ether oxygens (including phenoxy) is 2. The van der Waals surface area contributed by atoms with Crippen LogP contribution in [0.25, 0.3) is 0 Å². The maximum Gasteiger partial charge on any atom is 0.190 e. The van der Waals surface area contributed by atoms with Crippen molar-refractivity contribution in [1.82, 2.24) is 0 Å². The summed E-state index contributed by atoms with van der Waals surface area (Å²) >= 11 is 6.21. The average molecular weight is 365 g/mol. The molecule has 2 aromatic rings. The third kappa shape index (κ3) is 2.95. The first-order valence-electron chi connectivity index (χ1n) is 8.95. The predicted octanol–water partition coefficient (Wildman–Crippen LogP) is 6.01. The number of hydrogen-bond acceptors (Lipinski definition) is 2. The zero-order chi connectivity index (χ0) is 18.0. The second-order valence-electron chi connectivity index (χ2n) is 6.53. The Balaban J connectivity index is 1.90. The lowest BCUT2D eigenvalue weighted by Gasteiger charge is -2.41. The van der Waals surface area contributed by atoms with Gasteiger partial charge in [0.15, 0.2) is 17.1 Å². The van der Waals surface area contributed by atoms with Crippen molar-refractivity contribution >= 4 is 11.6 Å². The smallest absolute Gasteiger partial charge is 0.190 e. The topological polar surface area (TPSA) is 18.5 Å². The Bertz CT molecular complexity index is 910. The van der Waals surface area contributed by atoms with E-state index in [0.29, 0.717) is 17.4 Å². The molecule has 0 fully saturated rings. The molecule has 2 nitrogen and oxygen atoms in total. The summed E-state index contributed by atoms with van der Waals surface area (Å²) in [6.45, 7) is 2.61. The molecule has 1 heterocycles. The molecule has 26 heavy (non-hydrogen) atoms. The van der Waals surface area contributed by atoms with E-state index >= 15 is 0 Å². The van der Waals surface area contributed by atoms with Crippen LogP contribution in [0, 0.1) is 0 Å². The molecule has 0 aromatic heterocycles. The summed E-state index contributed by atoms with van der Waals surface area (Å²) in [7, 11) is 0. The molecule has 1 aliphatic carbocycles. The van der Waals surface area contributed by atoms with Crippen LogP contribution in [0.5, 0.6) is 11.5 Å². The summed E-state index contributed by atoms with van der Waals surface area (Å²) in [5, 5.41) is 0.640. The Hall–Kier alpha value is -2.45. The fourth-order valence-corrected chi connectivity index (χ4v) is 3.80. The molecule has 1 atom stereocenters. The van der Waals surface area contributed by atoms with Crippen LogP contribution in [0.2, 0.25) is 5.02 Å². The van der Waals surface area contributed by atoms with E-state index in [-0.39, 0.29) is 0 Å². The average Bonchev–Trinajstić information content (AvgIpc) is 2.97. The number of rotatable bonds is 3. The van der Waals surface area contributed by atoms with E-state index in [1.165, 1.54) is 11.1 Å². The van der Waals surface area contributed by atoms with Gasteiger partial charge in [0.1, 0.15) is 6.61 Å². The number of hydrogen-bond donors (Lipinski definition) is 0. The van der Waals surface area contributed by atoms with Crippen molar-refractivity contribution < 1.29 is 9.47 Å². The standard InChI is InChI=1S/C23H21ClO2/c1-2-17-9-7-8-12-20(17)23(18-10-5-3-4-6-11-18)16-25-21-14-13-19(24)15-22(21)26-23/h3-10,12-15H,2,11,16H2,1H3. The molecule has 4 rings (SSSR count). The SMILES string of the molecule is CCc1ccccc1C1(C2=CC=CC=CC2)COc2ccc(Cl)cc2O1. The van der Waals surface area contributed by atoms with E-state index < -0.39 is 5.60 Å². The van der Waals surface area contributed by atoms with Crippen LogP contribution in [0.4, 0.5) is 0 Å². The molecule has 0 saturated heterocycles. The summed E-state index contributed by atoms with van der Waals surface area (Å²) in [5.74, 6) is 1.42. The number of halogens is 1. The zero-order valence-corrected chi connectivity index (χ0v) is 15.5. The van der Waals surface area contributed by atoms with Crippen LogP contribution in [0.15, 0.2) is 78.4 Å². The lowest BCUT2D eigenvalue weighted by atomic mass is 9.80. The lowest BCUT2D eigenvalue weighted by Crippen LogP contribution is -2.44. The van der Waals surface area contributed by atoms with E-state index in [2.05, 4.69) is 55.5 Å². The van der Waals surface area contributed by atoms with E-state index in [0.717, 1.165) is 24.2 Å². The molecule has 0 amide bonds. The van der Waals surface area contributed by atoms with Crippen molar-refractivity contribution in [2.24, 2.45) is 0 Å². The molecule has 2 aromatic carbocycles. The molecule has 0 bridgehead atoms. The van der Waals surface area contributed by atoms with Crippen LogP contribution in [-0.2, 0) is 12.0 Å². The van der Waals surface area contributed by atoms with Gasteiger partial charge < -0.3 is 9.47 Å². The Labute approximate surface area is 159 Å². The minimum absolute atomic E-state index is 0.437. The van der Waals surface area contributed by atoms with Crippen LogP contribution in [0.3, 0.4) is 0 Å². The first-order chi connectivity index (χ1) is 12.7. The fourth-order valence-electron chi connectivity index (χ4n) is 3.64. The molecule has 132 valence electrons. The van der Waals surface area contributed by atoms with Crippen molar-refractivity contribution in [2.45, 2.75) is 25.4 Å². The van der Waals surface area contributed by atoms with E-state index in [4.69, 9.17) is 21.1 Å². The third-order valence-corrected chi connectivity index (χ3v) is 5.20. The summed E-state index contributed by atoms with van der Waals surface area (Å²) in [5.41, 5.74) is 2.93. The predicted molar refractivity (Wildman–Crippen MR) is 106 cm³/mol. The molecular weight excluding hydrogens is 344 g/mol. The lowest BCUT2D eigenvalue weighted by molar-refractivity contribution is 0.0151. The van der Waals surface area contributed by atoms with Gasteiger partial charge >= 0.3 is 0 Å². The maximum absolute atomic E-state index is 6.68. The molecule has 0 spiro atoms. The van der Waals surface area contributed by atoms with Gasteiger partial charge in [0.25, 0.3) is 0 Å².